The van der Waals surface area contributed by atoms with Gasteiger partial charge in [0.25, 0.3) is 0 Å². The van der Waals surface area contributed by atoms with Crippen molar-refractivity contribution >= 4 is 0 Å². The average molecular weight is 186 g/mol. The Bertz CT molecular complexity index is 110. The molecule has 0 aliphatic rings. The minimum Gasteiger partial charge on any atom is -0.326 e. The maximum atomic E-state index is 5.95. The molecule has 0 atom stereocenters. The molecule has 0 aromatic heterocycles. The molecule has 0 heterocycles. The van der Waals surface area contributed by atoms with Crippen molar-refractivity contribution in [3.05, 3.63) is 0 Å². The van der Waals surface area contributed by atoms with Crippen LogP contribution in [0.4, 0.5) is 0 Å². The van der Waals surface area contributed by atoms with Crippen LogP contribution < -0.4 is 5.73 Å². The van der Waals surface area contributed by atoms with Crippen molar-refractivity contribution in [1.29, 1.82) is 0 Å². The molecule has 0 saturated heterocycles. The zero-order valence-electron chi connectivity index (χ0n) is 9.77. The van der Waals surface area contributed by atoms with Gasteiger partial charge in [-0.05, 0) is 52.7 Å². The molecule has 0 aromatic carbocycles. The highest BCUT2D eigenvalue weighted by Crippen LogP contribution is 2.06. The zero-order chi connectivity index (χ0) is 10.3. The number of nitrogens with two attached hydrogens (primary N) is 1. The van der Waals surface area contributed by atoms with E-state index in [1.807, 2.05) is 0 Å². The van der Waals surface area contributed by atoms with Gasteiger partial charge in [-0.1, -0.05) is 13.8 Å². The van der Waals surface area contributed by atoms with Crippen molar-refractivity contribution in [1.82, 2.24) is 4.90 Å². The van der Waals surface area contributed by atoms with Gasteiger partial charge in [-0.2, -0.15) is 0 Å². The van der Waals surface area contributed by atoms with Crippen molar-refractivity contribution in [3.8, 4) is 0 Å². The molecule has 0 aromatic rings. The molecule has 0 aliphatic carbocycles. The van der Waals surface area contributed by atoms with Crippen LogP contribution in [0.2, 0.25) is 0 Å². The summed E-state index contributed by atoms with van der Waals surface area (Å²) < 4.78 is 0. The van der Waals surface area contributed by atoms with Crippen LogP contribution in [-0.2, 0) is 0 Å². The molecule has 80 valence electrons. The van der Waals surface area contributed by atoms with E-state index in [0.717, 1.165) is 13.0 Å². The van der Waals surface area contributed by atoms with E-state index in [4.69, 9.17) is 5.73 Å². The van der Waals surface area contributed by atoms with Gasteiger partial charge in [0.1, 0.15) is 0 Å². The lowest BCUT2D eigenvalue weighted by Crippen LogP contribution is -2.38. The highest BCUT2D eigenvalue weighted by molar-refractivity contribution is 4.73. The standard InChI is InChI=1S/C11H26N2/c1-5-8-13(9-6-2)10-7-11(3,4)12/h5-10,12H2,1-4H3. The number of hydrogen-bond acceptors (Lipinski definition) is 2. The van der Waals surface area contributed by atoms with E-state index in [2.05, 4.69) is 32.6 Å². The molecule has 0 unspecified atom stereocenters. The van der Waals surface area contributed by atoms with E-state index < -0.39 is 0 Å². The molecule has 0 bridgehead atoms. The number of rotatable bonds is 7. The molecule has 0 spiro atoms. The summed E-state index contributed by atoms with van der Waals surface area (Å²) in [7, 11) is 0. The summed E-state index contributed by atoms with van der Waals surface area (Å²) in [5.41, 5.74) is 5.94. The van der Waals surface area contributed by atoms with E-state index in [-0.39, 0.29) is 5.54 Å². The lowest BCUT2D eigenvalue weighted by atomic mass is 10.0. The lowest BCUT2D eigenvalue weighted by molar-refractivity contribution is 0.249. The SMILES string of the molecule is CCCN(CCC)CCC(C)(C)N. The Morgan fingerprint density at radius 3 is 1.77 bits per heavy atom. The van der Waals surface area contributed by atoms with Crippen LogP contribution >= 0.6 is 0 Å². The summed E-state index contributed by atoms with van der Waals surface area (Å²) in [6.07, 6.45) is 3.57. The quantitative estimate of drug-likeness (QED) is 0.660. The first-order valence-electron chi connectivity index (χ1n) is 5.51. The van der Waals surface area contributed by atoms with Crippen LogP contribution in [0.25, 0.3) is 0 Å². The number of nitrogens with zero attached hydrogens (tertiary/aromatic N) is 1. The zero-order valence-corrected chi connectivity index (χ0v) is 9.77. The fourth-order valence-corrected chi connectivity index (χ4v) is 1.41. The summed E-state index contributed by atoms with van der Waals surface area (Å²) >= 11 is 0. The Kier molecular flexibility index (Phi) is 6.35. The van der Waals surface area contributed by atoms with Crippen LogP contribution in [0.3, 0.4) is 0 Å². The second-order valence-corrected chi connectivity index (χ2v) is 4.58. The first-order valence-corrected chi connectivity index (χ1v) is 5.51. The van der Waals surface area contributed by atoms with Crippen LogP contribution in [0.15, 0.2) is 0 Å². The Morgan fingerprint density at radius 1 is 1.00 bits per heavy atom. The van der Waals surface area contributed by atoms with Crippen molar-refractivity contribution in [3.63, 3.8) is 0 Å². The van der Waals surface area contributed by atoms with Gasteiger partial charge >= 0.3 is 0 Å². The summed E-state index contributed by atoms with van der Waals surface area (Å²) in [5, 5.41) is 0. The topological polar surface area (TPSA) is 29.3 Å². The summed E-state index contributed by atoms with van der Waals surface area (Å²) in [5.74, 6) is 0. The smallest absolute Gasteiger partial charge is 0.0109 e. The molecule has 2 nitrogen and oxygen atoms in total. The Labute approximate surface area is 83.5 Å². The molecule has 2 N–H and O–H groups in total. The summed E-state index contributed by atoms with van der Waals surface area (Å²) in [4.78, 5) is 2.51. The van der Waals surface area contributed by atoms with E-state index >= 15 is 0 Å². The summed E-state index contributed by atoms with van der Waals surface area (Å²) in [6, 6.07) is 0. The Balaban J connectivity index is 3.68. The molecule has 13 heavy (non-hydrogen) atoms. The molecule has 0 rings (SSSR count). The molecule has 2 heteroatoms. The fourth-order valence-electron chi connectivity index (χ4n) is 1.41. The monoisotopic (exact) mass is 186 g/mol. The van der Waals surface area contributed by atoms with Crippen molar-refractivity contribution in [2.75, 3.05) is 19.6 Å². The second-order valence-electron chi connectivity index (χ2n) is 4.58. The van der Waals surface area contributed by atoms with Gasteiger partial charge in [-0.25, -0.2) is 0 Å². The summed E-state index contributed by atoms with van der Waals surface area (Å²) in [6.45, 7) is 12.2. The lowest BCUT2D eigenvalue weighted by Gasteiger charge is -2.26. The predicted octanol–water partition coefficient (Wildman–Crippen LogP) is 2.24. The molecular weight excluding hydrogens is 160 g/mol. The highest BCUT2D eigenvalue weighted by Gasteiger charge is 2.12. The third-order valence-electron chi connectivity index (χ3n) is 2.15. The first-order chi connectivity index (χ1) is 5.99. The molecule has 0 fully saturated rings. The van der Waals surface area contributed by atoms with E-state index in [1.54, 1.807) is 0 Å². The van der Waals surface area contributed by atoms with Gasteiger partial charge in [-0.15, -0.1) is 0 Å². The van der Waals surface area contributed by atoms with Gasteiger partial charge in [0.2, 0.25) is 0 Å². The Hall–Kier alpha value is -0.0800. The minimum absolute atomic E-state index is 0.0142. The first kappa shape index (κ1) is 12.9. The maximum Gasteiger partial charge on any atom is 0.0109 e. The molecule has 0 amide bonds. The predicted molar refractivity (Wildman–Crippen MR) is 59.9 cm³/mol. The van der Waals surface area contributed by atoms with Crippen LogP contribution in [0, 0.1) is 0 Å². The fraction of sp³-hybridized carbons (Fsp3) is 1.00. The van der Waals surface area contributed by atoms with Gasteiger partial charge in [0.05, 0.1) is 0 Å². The third kappa shape index (κ3) is 8.26. The second kappa shape index (κ2) is 6.39. The maximum absolute atomic E-state index is 5.95. The van der Waals surface area contributed by atoms with E-state index in [0.29, 0.717) is 0 Å². The number of hydrogen-bond donors (Lipinski definition) is 1. The van der Waals surface area contributed by atoms with Crippen molar-refractivity contribution in [2.45, 2.75) is 52.5 Å². The Morgan fingerprint density at radius 2 is 1.46 bits per heavy atom. The normalized spacial score (nSPS) is 12.5. The van der Waals surface area contributed by atoms with Crippen molar-refractivity contribution < 1.29 is 0 Å². The van der Waals surface area contributed by atoms with Gasteiger partial charge in [0.15, 0.2) is 0 Å². The largest absolute Gasteiger partial charge is 0.326 e. The van der Waals surface area contributed by atoms with Crippen LogP contribution in [0.5, 0.6) is 0 Å². The van der Waals surface area contributed by atoms with Crippen molar-refractivity contribution in [2.24, 2.45) is 5.73 Å². The highest BCUT2D eigenvalue weighted by atomic mass is 15.1. The molecular formula is C11H26N2. The third-order valence-corrected chi connectivity index (χ3v) is 2.15. The molecule has 0 saturated carbocycles. The molecule has 0 radical (unpaired) electrons. The van der Waals surface area contributed by atoms with Gasteiger partial charge in [-0.3, -0.25) is 0 Å². The minimum atomic E-state index is -0.0142. The van der Waals surface area contributed by atoms with Crippen LogP contribution in [-0.4, -0.2) is 30.1 Å². The average Bonchev–Trinajstić information content (AvgIpc) is 2.00. The van der Waals surface area contributed by atoms with E-state index in [9.17, 15) is 0 Å². The van der Waals surface area contributed by atoms with Gasteiger partial charge < -0.3 is 10.6 Å². The van der Waals surface area contributed by atoms with Gasteiger partial charge in [0, 0.05) is 5.54 Å². The van der Waals surface area contributed by atoms with E-state index in [1.165, 1.54) is 25.9 Å². The molecule has 0 aliphatic heterocycles. The van der Waals surface area contributed by atoms with Crippen LogP contribution in [0.1, 0.15) is 47.0 Å².